The Morgan fingerprint density at radius 1 is 0.402 bits per heavy atom. The average molecular weight is 1300 g/mol. The first-order chi connectivity index (χ1) is 45.2. The van der Waals surface area contributed by atoms with Crippen molar-refractivity contribution in [2.45, 2.75) is 410 Å². The molecule has 0 aromatic carbocycles. The van der Waals surface area contributed by atoms with Gasteiger partial charge in [0, 0.05) is 12.8 Å². The number of rotatable bonds is 69. The van der Waals surface area contributed by atoms with Gasteiger partial charge in [0.05, 0.1) is 32.0 Å². The van der Waals surface area contributed by atoms with Crippen LogP contribution in [0.3, 0.4) is 0 Å². The van der Waals surface area contributed by atoms with Crippen LogP contribution >= 0.6 is 0 Å². The molecule has 1 fully saturated rings. The van der Waals surface area contributed by atoms with Gasteiger partial charge in [0.25, 0.3) is 0 Å². The van der Waals surface area contributed by atoms with Crippen molar-refractivity contribution in [2.24, 2.45) is 0 Å². The number of hydrogen-bond acceptors (Lipinski definition) is 10. The Kier molecular flexibility index (Phi) is 65.8. The van der Waals surface area contributed by atoms with Crippen molar-refractivity contribution < 1.29 is 49.3 Å². The number of carbonyl (C=O) groups excluding carboxylic acids is 2. The van der Waals surface area contributed by atoms with Crippen molar-refractivity contribution in [2.75, 3.05) is 19.8 Å². The van der Waals surface area contributed by atoms with Crippen LogP contribution in [0.4, 0.5) is 0 Å². The van der Waals surface area contributed by atoms with E-state index in [9.17, 15) is 35.1 Å². The van der Waals surface area contributed by atoms with E-state index in [0.717, 1.165) is 77.0 Å². The molecule has 1 saturated heterocycles. The summed E-state index contributed by atoms with van der Waals surface area (Å²) in [5.74, 6) is -0.190. The van der Waals surface area contributed by atoms with Crippen LogP contribution in [0.25, 0.3) is 0 Å². The lowest BCUT2D eigenvalue weighted by molar-refractivity contribution is -0.302. The second-order valence-electron chi connectivity index (χ2n) is 27.0. The summed E-state index contributed by atoms with van der Waals surface area (Å²) >= 11 is 0. The fourth-order valence-electron chi connectivity index (χ4n) is 12.1. The molecule has 0 spiro atoms. The number of esters is 1. The molecule has 536 valence electrons. The summed E-state index contributed by atoms with van der Waals surface area (Å²) in [5.41, 5.74) is 0. The molecule has 11 nitrogen and oxygen atoms in total. The molecule has 11 heteroatoms. The van der Waals surface area contributed by atoms with Gasteiger partial charge in [-0.05, 0) is 109 Å². The molecule has 1 rings (SSSR count). The predicted molar refractivity (Wildman–Crippen MR) is 389 cm³/mol. The van der Waals surface area contributed by atoms with Crippen molar-refractivity contribution in [3.63, 3.8) is 0 Å². The largest absolute Gasteiger partial charge is 0.466 e. The van der Waals surface area contributed by atoms with Crippen molar-refractivity contribution in [1.29, 1.82) is 0 Å². The van der Waals surface area contributed by atoms with E-state index < -0.39 is 49.5 Å². The zero-order valence-corrected chi connectivity index (χ0v) is 59.8. The summed E-state index contributed by atoms with van der Waals surface area (Å²) in [7, 11) is 0. The van der Waals surface area contributed by atoms with E-state index in [1.807, 2.05) is 6.08 Å². The van der Waals surface area contributed by atoms with Gasteiger partial charge >= 0.3 is 5.97 Å². The lowest BCUT2D eigenvalue weighted by atomic mass is 9.99. The number of allylic oxidation sites excluding steroid dienone is 11. The smallest absolute Gasteiger partial charge is 0.305 e. The van der Waals surface area contributed by atoms with E-state index in [1.165, 1.54) is 263 Å². The summed E-state index contributed by atoms with van der Waals surface area (Å²) in [6.07, 6.45) is 85.0. The van der Waals surface area contributed by atoms with E-state index in [2.05, 4.69) is 79.9 Å². The van der Waals surface area contributed by atoms with Crippen LogP contribution in [-0.4, -0.2) is 100 Å². The van der Waals surface area contributed by atoms with Crippen molar-refractivity contribution in [1.82, 2.24) is 5.32 Å². The number of unbranched alkanes of at least 4 members (excludes halogenated alkanes) is 45. The molecule has 6 N–H and O–H groups in total. The van der Waals surface area contributed by atoms with E-state index in [1.54, 1.807) is 6.08 Å². The van der Waals surface area contributed by atoms with Crippen molar-refractivity contribution in [3.05, 3.63) is 72.9 Å². The van der Waals surface area contributed by atoms with Gasteiger partial charge in [-0.3, -0.25) is 9.59 Å². The van der Waals surface area contributed by atoms with Gasteiger partial charge in [0.15, 0.2) is 6.29 Å². The zero-order chi connectivity index (χ0) is 66.5. The third-order valence-electron chi connectivity index (χ3n) is 18.2. The summed E-state index contributed by atoms with van der Waals surface area (Å²) in [4.78, 5) is 25.1. The van der Waals surface area contributed by atoms with Crippen molar-refractivity contribution >= 4 is 11.9 Å². The first kappa shape index (κ1) is 87.1. The number of amides is 1. The first-order valence-corrected chi connectivity index (χ1v) is 39.2. The topological polar surface area (TPSA) is 175 Å². The number of aliphatic hydroxyl groups excluding tert-OH is 5. The average Bonchev–Trinajstić information content (AvgIpc) is 1.07. The highest BCUT2D eigenvalue weighted by Gasteiger charge is 2.44. The molecule has 0 aromatic rings. The van der Waals surface area contributed by atoms with Gasteiger partial charge in [0.2, 0.25) is 5.91 Å². The standard InChI is InChI=1S/C81H147NO10/c1-3-5-7-9-11-13-15-16-44-48-51-55-59-63-67-74(84)73(72-91-81-80(89)79(88)78(87)75(71-83)92-81)82-76(85)68-64-60-56-52-49-45-42-40-38-36-34-32-30-28-26-24-22-20-18-17-19-21-23-25-27-29-31-33-35-37-39-41-43-46-50-54-58-62-66-70-90-77(86)69-65-61-57-53-47-14-12-10-8-6-4-2/h10,12-13,15,17-18,21,23,48,51,63,67,73-75,78-81,83-84,87-89H,3-9,11,14,16,19-20,22,24-47,49-50,52-62,64-66,68-72H2,1-2H3,(H,82,85)/b12-10-,15-13+,18-17-,23-21-,51-48+,67-63+. The number of hydrogen-bond donors (Lipinski definition) is 6. The van der Waals surface area contributed by atoms with Gasteiger partial charge in [-0.1, -0.05) is 318 Å². The number of ether oxygens (including phenoxy) is 3. The highest BCUT2D eigenvalue weighted by atomic mass is 16.7. The molecular formula is C81H147NO10. The fourth-order valence-corrected chi connectivity index (χ4v) is 12.1. The minimum atomic E-state index is -1.58. The second kappa shape index (κ2) is 69.5. The molecule has 7 atom stereocenters. The monoisotopic (exact) mass is 1290 g/mol. The molecule has 7 unspecified atom stereocenters. The molecule has 1 amide bonds. The number of nitrogens with one attached hydrogen (secondary N) is 1. The molecule has 1 aliphatic rings. The van der Waals surface area contributed by atoms with Crippen LogP contribution in [0.2, 0.25) is 0 Å². The maximum atomic E-state index is 13.1. The Balaban J connectivity index is 1.94. The highest BCUT2D eigenvalue weighted by molar-refractivity contribution is 5.76. The van der Waals surface area contributed by atoms with Gasteiger partial charge in [0.1, 0.15) is 24.4 Å². The fraction of sp³-hybridized carbons (Fsp3) is 0.827. The molecule has 1 aliphatic heterocycles. The number of carbonyl (C=O) groups is 2. The first-order valence-electron chi connectivity index (χ1n) is 39.2. The SMILES string of the molecule is CCCC/C=C\CCCCCCCC(=O)OCCCCCCCCCCCCCCCCC/C=C\C/C=C\CCCCCCCCCCCCCCCCCCCC(=O)NC(COC1OC(CO)C(O)C(O)C1O)C(O)/C=C/CC/C=C/CC/C=C/CCCCCC. The van der Waals surface area contributed by atoms with Crippen LogP contribution in [0, 0.1) is 0 Å². The van der Waals surface area contributed by atoms with Crippen LogP contribution in [-0.2, 0) is 23.8 Å². The van der Waals surface area contributed by atoms with Crippen LogP contribution in [0.15, 0.2) is 72.9 Å². The van der Waals surface area contributed by atoms with E-state index in [-0.39, 0.29) is 18.5 Å². The van der Waals surface area contributed by atoms with E-state index >= 15 is 0 Å². The highest BCUT2D eigenvalue weighted by Crippen LogP contribution is 2.23. The van der Waals surface area contributed by atoms with Gasteiger partial charge < -0.3 is 45.1 Å². The molecule has 0 saturated carbocycles. The number of aliphatic hydroxyl groups is 5. The second-order valence-corrected chi connectivity index (χ2v) is 27.0. The molecule has 0 aliphatic carbocycles. The molecule has 0 aromatic heterocycles. The lowest BCUT2D eigenvalue weighted by Crippen LogP contribution is -2.60. The third kappa shape index (κ3) is 57.4. The lowest BCUT2D eigenvalue weighted by Gasteiger charge is -2.40. The van der Waals surface area contributed by atoms with Gasteiger partial charge in [-0.25, -0.2) is 0 Å². The van der Waals surface area contributed by atoms with E-state index in [0.29, 0.717) is 19.4 Å². The summed E-state index contributed by atoms with van der Waals surface area (Å²) in [5, 5.41) is 54.5. The maximum Gasteiger partial charge on any atom is 0.305 e. The molecule has 92 heavy (non-hydrogen) atoms. The van der Waals surface area contributed by atoms with Crippen LogP contribution in [0.5, 0.6) is 0 Å². The van der Waals surface area contributed by atoms with Crippen molar-refractivity contribution in [3.8, 4) is 0 Å². The summed E-state index contributed by atoms with van der Waals surface area (Å²) in [6, 6.07) is -0.834. The van der Waals surface area contributed by atoms with E-state index in [4.69, 9.17) is 14.2 Å². The maximum absolute atomic E-state index is 13.1. The quantitative estimate of drug-likeness (QED) is 0.0195. The summed E-state index contributed by atoms with van der Waals surface area (Å²) in [6.45, 7) is 4.30. The Morgan fingerprint density at radius 2 is 0.750 bits per heavy atom. The Bertz CT molecular complexity index is 1760. The Hall–Kier alpha value is -2.90. The van der Waals surface area contributed by atoms with Gasteiger partial charge in [-0.2, -0.15) is 0 Å². The molecule has 0 radical (unpaired) electrons. The van der Waals surface area contributed by atoms with Gasteiger partial charge in [-0.15, -0.1) is 0 Å². The van der Waals surface area contributed by atoms with Crippen LogP contribution < -0.4 is 5.32 Å². The Labute approximate surface area is 566 Å². The predicted octanol–water partition coefficient (Wildman–Crippen LogP) is 21.0. The normalized spacial score (nSPS) is 17.9. The summed E-state index contributed by atoms with van der Waals surface area (Å²) < 4.78 is 16.7. The Morgan fingerprint density at radius 3 is 1.17 bits per heavy atom. The van der Waals surface area contributed by atoms with Crippen LogP contribution in [0.1, 0.15) is 367 Å². The third-order valence-corrected chi connectivity index (χ3v) is 18.2. The molecular weight excluding hydrogens is 1150 g/mol. The minimum Gasteiger partial charge on any atom is -0.466 e. The molecule has 0 bridgehead atoms. The zero-order valence-electron chi connectivity index (χ0n) is 59.8. The molecule has 1 heterocycles. The minimum absolute atomic E-state index is 0.00301.